The summed E-state index contributed by atoms with van der Waals surface area (Å²) in [6.45, 7) is 5.30. The first-order valence-corrected chi connectivity index (χ1v) is 8.47. The van der Waals surface area contributed by atoms with E-state index in [9.17, 15) is 0 Å². The molecule has 0 aromatic carbocycles. The number of nitrogens with one attached hydrogen (secondary N) is 1. The number of aromatic nitrogens is 1. The van der Waals surface area contributed by atoms with Crippen molar-refractivity contribution in [3.63, 3.8) is 0 Å². The van der Waals surface area contributed by atoms with Gasteiger partial charge in [-0.15, -0.1) is 11.3 Å². The highest BCUT2D eigenvalue weighted by atomic mass is 32.1. The van der Waals surface area contributed by atoms with E-state index in [0.717, 1.165) is 23.8 Å². The second-order valence-electron chi connectivity index (χ2n) is 5.27. The summed E-state index contributed by atoms with van der Waals surface area (Å²) < 4.78 is 0. The third-order valence-electron chi connectivity index (χ3n) is 3.71. The number of aryl methyl sites for hydroxylation is 1. The summed E-state index contributed by atoms with van der Waals surface area (Å²) in [5.74, 6) is 0. The first-order valence-electron chi connectivity index (χ1n) is 7.25. The van der Waals surface area contributed by atoms with Gasteiger partial charge in [0.05, 0.1) is 17.8 Å². The molecule has 5 heteroatoms. The highest BCUT2D eigenvalue weighted by Crippen LogP contribution is 2.41. The molecule has 0 amide bonds. The zero-order valence-corrected chi connectivity index (χ0v) is 13.9. The minimum Gasteiger partial charge on any atom is -0.352 e. The molecule has 0 spiro atoms. The van der Waals surface area contributed by atoms with Crippen LogP contribution in [0.15, 0.2) is 36.5 Å². The van der Waals surface area contributed by atoms with Crippen LogP contribution in [0.4, 0.5) is 0 Å². The minimum absolute atomic E-state index is 0.128. The van der Waals surface area contributed by atoms with Gasteiger partial charge >= 0.3 is 0 Å². The standard InChI is InChI=1S/C16H19N3S2/c1-3-10-19-15(13-8-7-11(2)21-13)14(18-16(19)20)12-6-4-5-9-17-12/h4-9,14-15H,3,10H2,1-2H3,(H,18,20). The smallest absolute Gasteiger partial charge is 0.170 e. The summed E-state index contributed by atoms with van der Waals surface area (Å²) >= 11 is 7.40. The number of thiocarbonyl (C=S) groups is 1. The molecule has 2 unspecified atom stereocenters. The molecule has 110 valence electrons. The van der Waals surface area contributed by atoms with E-state index in [-0.39, 0.29) is 12.1 Å². The van der Waals surface area contributed by atoms with Crippen molar-refractivity contribution in [1.29, 1.82) is 0 Å². The van der Waals surface area contributed by atoms with Gasteiger partial charge in [-0.2, -0.15) is 0 Å². The highest BCUT2D eigenvalue weighted by molar-refractivity contribution is 7.80. The number of thiophene rings is 1. The lowest BCUT2D eigenvalue weighted by atomic mass is 10.0. The maximum absolute atomic E-state index is 5.56. The molecule has 3 nitrogen and oxygen atoms in total. The molecule has 2 aromatic heterocycles. The van der Waals surface area contributed by atoms with Crippen molar-refractivity contribution < 1.29 is 0 Å². The van der Waals surface area contributed by atoms with Gasteiger partial charge in [0, 0.05) is 22.5 Å². The van der Waals surface area contributed by atoms with E-state index < -0.39 is 0 Å². The average Bonchev–Trinajstić information content (AvgIpc) is 3.05. The third-order valence-corrected chi connectivity index (χ3v) is 5.14. The number of rotatable bonds is 4. The van der Waals surface area contributed by atoms with Crippen molar-refractivity contribution >= 4 is 28.7 Å². The first-order chi connectivity index (χ1) is 10.2. The summed E-state index contributed by atoms with van der Waals surface area (Å²) in [5.41, 5.74) is 1.05. The summed E-state index contributed by atoms with van der Waals surface area (Å²) in [5, 5.41) is 4.30. The van der Waals surface area contributed by atoms with Gasteiger partial charge in [0.25, 0.3) is 0 Å². The SMILES string of the molecule is CCCN1C(=S)NC(c2ccccn2)C1c1ccc(C)s1. The molecule has 1 aliphatic rings. The predicted molar refractivity (Wildman–Crippen MR) is 91.5 cm³/mol. The quantitative estimate of drug-likeness (QED) is 0.867. The van der Waals surface area contributed by atoms with Gasteiger partial charge in [0.1, 0.15) is 0 Å². The fourth-order valence-corrected chi connectivity index (χ4v) is 4.17. The Labute approximate surface area is 135 Å². The van der Waals surface area contributed by atoms with E-state index in [0.29, 0.717) is 0 Å². The Hall–Kier alpha value is -1.46. The van der Waals surface area contributed by atoms with E-state index in [2.05, 4.69) is 47.2 Å². The minimum atomic E-state index is 0.128. The molecular formula is C16H19N3S2. The van der Waals surface area contributed by atoms with Crippen molar-refractivity contribution in [2.45, 2.75) is 32.4 Å². The molecule has 0 aliphatic carbocycles. The van der Waals surface area contributed by atoms with Gasteiger partial charge in [-0.05, 0) is 49.8 Å². The lowest BCUT2D eigenvalue weighted by molar-refractivity contribution is 0.322. The van der Waals surface area contributed by atoms with Gasteiger partial charge in [0.15, 0.2) is 5.11 Å². The molecular weight excluding hydrogens is 298 g/mol. The molecule has 1 aliphatic heterocycles. The van der Waals surface area contributed by atoms with Crippen LogP contribution < -0.4 is 5.32 Å². The number of nitrogens with zero attached hydrogens (tertiary/aromatic N) is 2. The summed E-state index contributed by atoms with van der Waals surface area (Å²) in [6, 6.07) is 10.8. The van der Waals surface area contributed by atoms with Gasteiger partial charge in [-0.3, -0.25) is 4.98 Å². The molecule has 1 fully saturated rings. The second kappa shape index (κ2) is 6.12. The molecule has 0 bridgehead atoms. The molecule has 2 atom stereocenters. The van der Waals surface area contributed by atoms with Crippen LogP contribution >= 0.6 is 23.6 Å². The fraction of sp³-hybridized carbons (Fsp3) is 0.375. The van der Waals surface area contributed by atoms with Crippen molar-refractivity contribution in [2.24, 2.45) is 0 Å². The maximum atomic E-state index is 5.56. The predicted octanol–water partition coefficient (Wildman–Crippen LogP) is 3.83. The van der Waals surface area contributed by atoms with Crippen molar-refractivity contribution in [3.8, 4) is 0 Å². The van der Waals surface area contributed by atoms with Crippen LogP contribution in [0.3, 0.4) is 0 Å². The number of pyridine rings is 1. The van der Waals surface area contributed by atoms with Gasteiger partial charge in [0.2, 0.25) is 0 Å². The lowest BCUT2D eigenvalue weighted by Crippen LogP contribution is -2.29. The lowest BCUT2D eigenvalue weighted by Gasteiger charge is -2.26. The van der Waals surface area contributed by atoms with Crippen LogP contribution in [0, 0.1) is 6.92 Å². The van der Waals surface area contributed by atoms with E-state index in [1.807, 2.05) is 29.7 Å². The van der Waals surface area contributed by atoms with Crippen molar-refractivity contribution in [3.05, 3.63) is 52.0 Å². The number of hydrogen-bond acceptors (Lipinski definition) is 3. The normalized spacial score (nSPS) is 21.6. The second-order valence-corrected chi connectivity index (χ2v) is 6.97. The Morgan fingerprint density at radius 1 is 1.33 bits per heavy atom. The van der Waals surface area contributed by atoms with E-state index >= 15 is 0 Å². The topological polar surface area (TPSA) is 28.2 Å². The van der Waals surface area contributed by atoms with Crippen molar-refractivity contribution in [2.75, 3.05) is 6.54 Å². The zero-order valence-electron chi connectivity index (χ0n) is 12.2. The monoisotopic (exact) mass is 317 g/mol. The Balaban J connectivity index is 2.00. The molecule has 21 heavy (non-hydrogen) atoms. The Morgan fingerprint density at radius 2 is 2.19 bits per heavy atom. The van der Waals surface area contributed by atoms with Crippen LogP contribution in [0.5, 0.6) is 0 Å². The maximum Gasteiger partial charge on any atom is 0.170 e. The van der Waals surface area contributed by atoms with Gasteiger partial charge in [-0.1, -0.05) is 13.0 Å². The first kappa shape index (κ1) is 14.5. The molecule has 0 saturated carbocycles. The van der Waals surface area contributed by atoms with Crippen LogP contribution in [-0.4, -0.2) is 21.5 Å². The average molecular weight is 317 g/mol. The molecule has 3 rings (SSSR count). The third kappa shape index (κ3) is 2.80. The number of hydrogen-bond donors (Lipinski definition) is 1. The summed E-state index contributed by atoms with van der Waals surface area (Å²) in [4.78, 5) is 9.52. The zero-order chi connectivity index (χ0) is 14.8. The summed E-state index contributed by atoms with van der Waals surface area (Å²) in [7, 11) is 0. The van der Waals surface area contributed by atoms with E-state index in [1.165, 1.54) is 9.75 Å². The molecule has 1 N–H and O–H groups in total. The van der Waals surface area contributed by atoms with E-state index in [4.69, 9.17) is 12.2 Å². The fourth-order valence-electron chi connectivity index (χ4n) is 2.81. The molecule has 2 aromatic rings. The van der Waals surface area contributed by atoms with Gasteiger partial charge < -0.3 is 10.2 Å². The van der Waals surface area contributed by atoms with Crippen LogP contribution in [0.2, 0.25) is 0 Å². The Morgan fingerprint density at radius 3 is 2.81 bits per heavy atom. The highest BCUT2D eigenvalue weighted by Gasteiger charge is 2.39. The molecule has 3 heterocycles. The van der Waals surface area contributed by atoms with E-state index in [1.54, 1.807) is 0 Å². The largest absolute Gasteiger partial charge is 0.352 e. The van der Waals surface area contributed by atoms with Crippen LogP contribution in [0.25, 0.3) is 0 Å². The van der Waals surface area contributed by atoms with Crippen LogP contribution in [0.1, 0.15) is 40.9 Å². The van der Waals surface area contributed by atoms with Crippen LogP contribution in [-0.2, 0) is 0 Å². The van der Waals surface area contributed by atoms with Gasteiger partial charge in [-0.25, -0.2) is 0 Å². The molecule has 1 saturated heterocycles. The Bertz CT molecular complexity index is 623. The van der Waals surface area contributed by atoms with Crippen molar-refractivity contribution in [1.82, 2.24) is 15.2 Å². The Kier molecular flexibility index (Phi) is 4.22. The summed E-state index contributed by atoms with van der Waals surface area (Å²) in [6.07, 6.45) is 2.93. The molecule has 0 radical (unpaired) electrons.